The molecule has 0 aliphatic carbocycles. The third kappa shape index (κ3) is 3.95. The average molecular weight is 294 g/mol. The number of rotatable bonds is 6. The molecular weight excluding hydrogens is 282 g/mol. The maximum Gasteiger partial charge on any atom is 0.324 e. The van der Waals surface area contributed by atoms with Gasteiger partial charge in [0.1, 0.15) is 6.04 Å². The lowest BCUT2D eigenvalue weighted by molar-refractivity contribution is -0.140. The van der Waals surface area contributed by atoms with E-state index in [1.54, 1.807) is 0 Å². The topological polar surface area (TPSA) is 92.7 Å². The molecule has 1 aromatic rings. The Kier molecular flexibility index (Phi) is 5.09. The van der Waals surface area contributed by atoms with Gasteiger partial charge in [-0.25, -0.2) is 8.42 Å². The van der Waals surface area contributed by atoms with Gasteiger partial charge in [-0.15, -0.1) is 0 Å². The minimum Gasteiger partial charge on any atom is -0.480 e. The van der Waals surface area contributed by atoms with E-state index in [2.05, 4.69) is 4.74 Å². The highest BCUT2D eigenvalue weighted by Crippen LogP contribution is 2.15. The van der Waals surface area contributed by atoms with Crippen LogP contribution >= 0.6 is 11.6 Å². The summed E-state index contributed by atoms with van der Waals surface area (Å²) in [5.41, 5.74) is 0. The summed E-state index contributed by atoms with van der Waals surface area (Å²) in [4.78, 5) is 10.7. The molecule has 0 radical (unpaired) electrons. The molecule has 0 aliphatic heterocycles. The summed E-state index contributed by atoms with van der Waals surface area (Å²) in [6.45, 7) is -0.269. The molecule has 18 heavy (non-hydrogen) atoms. The molecule has 0 saturated heterocycles. The zero-order chi connectivity index (χ0) is 13.8. The fraction of sp³-hybridized carbons (Fsp3) is 0.300. The first-order valence-corrected chi connectivity index (χ1v) is 6.72. The van der Waals surface area contributed by atoms with Gasteiger partial charge >= 0.3 is 5.97 Å². The number of hydrogen-bond donors (Lipinski definition) is 2. The Bertz CT molecular complexity index is 531. The first-order chi connectivity index (χ1) is 8.36. The summed E-state index contributed by atoms with van der Waals surface area (Å²) in [5, 5.41) is 9.08. The van der Waals surface area contributed by atoms with Crippen LogP contribution in [0.3, 0.4) is 0 Å². The number of nitrogens with one attached hydrogen (secondary N) is 1. The van der Waals surface area contributed by atoms with Crippen LogP contribution in [0, 0.1) is 0 Å². The number of hydrogen-bond acceptors (Lipinski definition) is 4. The highest BCUT2D eigenvalue weighted by molar-refractivity contribution is 7.89. The quantitative estimate of drug-likeness (QED) is 0.806. The van der Waals surface area contributed by atoms with Gasteiger partial charge in [-0.2, -0.15) is 4.72 Å². The molecule has 0 spiro atoms. The summed E-state index contributed by atoms with van der Waals surface area (Å²) in [7, 11) is -2.66. The molecule has 100 valence electrons. The lowest BCUT2D eigenvalue weighted by Gasteiger charge is -2.13. The van der Waals surface area contributed by atoms with Crippen molar-refractivity contribution in [1.82, 2.24) is 4.72 Å². The predicted octanol–water partition coefficient (Wildman–Crippen LogP) is 0.718. The van der Waals surface area contributed by atoms with Crippen molar-refractivity contribution in [2.24, 2.45) is 0 Å². The van der Waals surface area contributed by atoms with E-state index in [9.17, 15) is 13.2 Å². The second kappa shape index (κ2) is 6.14. The van der Waals surface area contributed by atoms with Gasteiger partial charge in [-0.3, -0.25) is 4.79 Å². The number of carbonyl (C=O) groups is 1. The van der Waals surface area contributed by atoms with Gasteiger partial charge in [0, 0.05) is 12.1 Å². The zero-order valence-electron chi connectivity index (χ0n) is 9.46. The van der Waals surface area contributed by atoms with Crippen LogP contribution in [0.2, 0.25) is 5.02 Å². The second-order valence-corrected chi connectivity index (χ2v) is 5.58. The van der Waals surface area contributed by atoms with E-state index in [1.807, 2.05) is 4.72 Å². The van der Waals surface area contributed by atoms with Crippen molar-refractivity contribution in [3.63, 3.8) is 0 Å². The van der Waals surface area contributed by atoms with Crippen LogP contribution in [0.5, 0.6) is 0 Å². The van der Waals surface area contributed by atoms with E-state index < -0.39 is 22.0 Å². The molecule has 8 heteroatoms. The number of aliphatic carboxylic acids is 1. The highest BCUT2D eigenvalue weighted by Gasteiger charge is 2.25. The molecule has 0 aliphatic rings. The van der Waals surface area contributed by atoms with Gasteiger partial charge in [0.15, 0.2) is 0 Å². The number of ether oxygens (including phenoxy) is 1. The molecular formula is C10H12ClNO5S. The summed E-state index contributed by atoms with van der Waals surface area (Å²) in [6, 6.07) is 4.18. The van der Waals surface area contributed by atoms with Crippen molar-refractivity contribution < 1.29 is 23.1 Å². The Labute approximate surface area is 110 Å². The first-order valence-electron chi connectivity index (χ1n) is 4.86. The van der Waals surface area contributed by atoms with Gasteiger partial charge in [0.25, 0.3) is 0 Å². The Balaban J connectivity index is 2.97. The largest absolute Gasteiger partial charge is 0.480 e. The van der Waals surface area contributed by atoms with Crippen molar-refractivity contribution in [2.75, 3.05) is 13.7 Å². The molecule has 1 unspecified atom stereocenters. The minimum atomic E-state index is -3.94. The number of sulfonamides is 1. The molecule has 6 nitrogen and oxygen atoms in total. The lowest BCUT2D eigenvalue weighted by atomic mass is 10.3. The van der Waals surface area contributed by atoms with Gasteiger partial charge < -0.3 is 9.84 Å². The fourth-order valence-corrected chi connectivity index (χ4v) is 2.69. The predicted molar refractivity (Wildman–Crippen MR) is 65.1 cm³/mol. The molecule has 0 bridgehead atoms. The fourth-order valence-electron chi connectivity index (χ4n) is 1.21. The number of carboxylic acids is 1. The normalized spacial score (nSPS) is 13.2. The van der Waals surface area contributed by atoms with E-state index in [1.165, 1.54) is 31.4 Å². The van der Waals surface area contributed by atoms with Gasteiger partial charge in [-0.1, -0.05) is 17.7 Å². The van der Waals surface area contributed by atoms with Crippen LogP contribution in [-0.4, -0.2) is 39.3 Å². The molecule has 0 amide bonds. The van der Waals surface area contributed by atoms with E-state index in [0.717, 1.165) is 0 Å². The number of halogens is 1. The third-order valence-electron chi connectivity index (χ3n) is 2.04. The SMILES string of the molecule is COCC(NS(=O)(=O)c1cccc(Cl)c1)C(=O)O. The molecule has 0 saturated carbocycles. The monoisotopic (exact) mass is 293 g/mol. The molecule has 0 aromatic heterocycles. The van der Waals surface area contributed by atoms with Crippen LogP contribution in [0.1, 0.15) is 0 Å². The van der Waals surface area contributed by atoms with Crippen LogP contribution < -0.4 is 4.72 Å². The van der Waals surface area contributed by atoms with Crippen molar-refractivity contribution in [1.29, 1.82) is 0 Å². The third-order valence-corrected chi connectivity index (χ3v) is 3.74. The number of carboxylic acid groups (broad SMARTS) is 1. The minimum absolute atomic E-state index is 0.0997. The maximum absolute atomic E-state index is 11.9. The van der Waals surface area contributed by atoms with E-state index >= 15 is 0 Å². The van der Waals surface area contributed by atoms with Crippen LogP contribution in [0.25, 0.3) is 0 Å². The van der Waals surface area contributed by atoms with Crippen molar-refractivity contribution in [3.05, 3.63) is 29.3 Å². The van der Waals surface area contributed by atoms with Crippen LogP contribution in [0.15, 0.2) is 29.2 Å². The van der Waals surface area contributed by atoms with Crippen LogP contribution in [0.4, 0.5) is 0 Å². The van der Waals surface area contributed by atoms with Crippen LogP contribution in [-0.2, 0) is 19.6 Å². The maximum atomic E-state index is 11.9. The van der Waals surface area contributed by atoms with Crippen molar-refractivity contribution >= 4 is 27.6 Å². The standard InChI is InChI=1S/C10H12ClNO5S/c1-17-6-9(10(13)14)12-18(15,16)8-4-2-3-7(11)5-8/h2-5,9,12H,6H2,1H3,(H,13,14). The van der Waals surface area contributed by atoms with Crippen molar-refractivity contribution in [3.8, 4) is 0 Å². The Morgan fingerprint density at radius 1 is 1.56 bits per heavy atom. The van der Waals surface area contributed by atoms with Gasteiger partial charge in [0.05, 0.1) is 11.5 Å². The summed E-state index contributed by atoms with van der Waals surface area (Å²) in [6.07, 6.45) is 0. The van der Waals surface area contributed by atoms with Crippen molar-refractivity contribution in [2.45, 2.75) is 10.9 Å². The lowest BCUT2D eigenvalue weighted by Crippen LogP contribution is -2.43. The number of methoxy groups -OCH3 is 1. The Morgan fingerprint density at radius 2 is 2.22 bits per heavy atom. The summed E-state index contributed by atoms with van der Waals surface area (Å²) < 4.78 is 30.4. The Hall–Kier alpha value is -1.15. The summed E-state index contributed by atoms with van der Waals surface area (Å²) in [5.74, 6) is -1.32. The molecule has 1 rings (SSSR count). The molecule has 0 heterocycles. The second-order valence-electron chi connectivity index (χ2n) is 3.42. The van der Waals surface area contributed by atoms with E-state index in [0.29, 0.717) is 0 Å². The number of benzene rings is 1. The molecule has 1 aromatic carbocycles. The molecule has 2 N–H and O–H groups in total. The summed E-state index contributed by atoms with van der Waals surface area (Å²) >= 11 is 5.68. The van der Waals surface area contributed by atoms with E-state index in [4.69, 9.17) is 16.7 Å². The smallest absolute Gasteiger partial charge is 0.324 e. The zero-order valence-corrected chi connectivity index (χ0v) is 11.0. The Morgan fingerprint density at radius 3 is 2.72 bits per heavy atom. The van der Waals surface area contributed by atoms with E-state index in [-0.39, 0.29) is 16.5 Å². The molecule has 1 atom stereocenters. The average Bonchev–Trinajstić information content (AvgIpc) is 2.28. The highest BCUT2D eigenvalue weighted by atomic mass is 35.5. The molecule has 0 fully saturated rings. The van der Waals surface area contributed by atoms with Gasteiger partial charge in [-0.05, 0) is 18.2 Å². The first kappa shape index (κ1) is 14.9. The van der Waals surface area contributed by atoms with Gasteiger partial charge in [0.2, 0.25) is 10.0 Å².